The molecule has 1 amide bonds. The van der Waals surface area contributed by atoms with Crippen molar-refractivity contribution >= 4 is 16.9 Å². The summed E-state index contributed by atoms with van der Waals surface area (Å²) in [7, 11) is 1.72. The van der Waals surface area contributed by atoms with Crippen molar-refractivity contribution in [3.8, 4) is 0 Å². The molecule has 0 radical (unpaired) electrons. The second kappa shape index (κ2) is 9.63. The van der Waals surface area contributed by atoms with Gasteiger partial charge in [0.05, 0.1) is 35.9 Å². The number of amides is 1. The molecular weight excluding hydrogens is 394 g/mol. The molecular formula is C23H35N5O3. The quantitative estimate of drug-likeness (QED) is 0.617. The molecule has 1 aliphatic carbocycles. The van der Waals surface area contributed by atoms with E-state index in [-0.39, 0.29) is 24.0 Å². The standard InChI is InChI=1S/C23H35N5O3/c1-5-18-22-20(27(14-25-22)9-6-10-30-4)11-19(26-18)16(3)28(17-7-8-17)23(29)21-12-24-15(2)13-31-21/h11,14-17,21,24H,5-10,12-13H2,1-4H3/t15-,16+,21+/m0/s1. The molecule has 2 fully saturated rings. The first-order valence-corrected chi connectivity index (χ1v) is 11.5. The minimum atomic E-state index is -0.423. The van der Waals surface area contributed by atoms with Crippen LogP contribution in [0.4, 0.5) is 0 Å². The summed E-state index contributed by atoms with van der Waals surface area (Å²) in [6.07, 6.45) is 5.29. The summed E-state index contributed by atoms with van der Waals surface area (Å²) < 4.78 is 13.3. The molecule has 1 saturated carbocycles. The van der Waals surface area contributed by atoms with E-state index >= 15 is 0 Å². The maximum atomic E-state index is 13.4. The van der Waals surface area contributed by atoms with Crippen molar-refractivity contribution in [2.24, 2.45) is 0 Å². The normalized spacial score (nSPS) is 22.6. The van der Waals surface area contributed by atoms with Gasteiger partial charge in [-0.15, -0.1) is 0 Å². The van der Waals surface area contributed by atoms with Gasteiger partial charge in [-0.2, -0.15) is 0 Å². The third-order valence-corrected chi connectivity index (χ3v) is 6.30. The van der Waals surface area contributed by atoms with Crippen molar-refractivity contribution in [3.05, 3.63) is 23.8 Å². The minimum absolute atomic E-state index is 0.0722. The van der Waals surface area contributed by atoms with E-state index in [9.17, 15) is 4.79 Å². The van der Waals surface area contributed by atoms with Gasteiger partial charge in [-0.3, -0.25) is 9.78 Å². The predicted octanol–water partition coefficient (Wildman–Crippen LogP) is 2.46. The van der Waals surface area contributed by atoms with Gasteiger partial charge in [0.2, 0.25) is 0 Å². The number of nitrogens with one attached hydrogen (secondary N) is 1. The Morgan fingerprint density at radius 3 is 2.90 bits per heavy atom. The number of morpholine rings is 1. The summed E-state index contributed by atoms with van der Waals surface area (Å²) in [6, 6.07) is 2.56. The number of aromatic nitrogens is 3. The Morgan fingerprint density at radius 2 is 2.26 bits per heavy atom. The van der Waals surface area contributed by atoms with Crippen LogP contribution < -0.4 is 5.32 Å². The van der Waals surface area contributed by atoms with Crippen LogP contribution in [-0.4, -0.2) is 70.4 Å². The first-order valence-electron chi connectivity index (χ1n) is 11.5. The summed E-state index contributed by atoms with van der Waals surface area (Å²) in [4.78, 5) is 25.0. The fraction of sp³-hybridized carbons (Fsp3) is 0.696. The van der Waals surface area contributed by atoms with Crippen LogP contribution in [-0.2, 0) is 27.2 Å². The molecule has 2 aromatic rings. The van der Waals surface area contributed by atoms with Crippen molar-refractivity contribution in [3.63, 3.8) is 0 Å². The molecule has 2 aliphatic rings. The summed E-state index contributed by atoms with van der Waals surface area (Å²) in [5.41, 5.74) is 3.94. The van der Waals surface area contributed by atoms with Crippen LogP contribution >= 0.6 is 0 Å². The van der Waals surface area contributed by atoms with Gasteiger partial charge in [0.15, 0.2) is 0 Å². The number of pyridine rings is 1. The number of methoxy groups -OCH3 is 1. The third-order valence-electron chi connectivity index (χ3n) is 6.30. The number of carbonyl (C=O) groups excluding carboxylic acids is 1. The molecule has 2 aromatic heterocycles. The van der Waals surface area contributed by atoms with Crippen LogP contribution in [0, 0.1) is 0 Å². The van der Waals surface area contributed by atoms with Gasteiger partial charge in [0, 0.05) is 38.9 Å². The summed E-state index contributed by atoms with van der Waals surface area (Å²) in [5, 5.41) is 3.37. The molecule has 170 valence electrons. The van der Waals surface area contributed by atoms with Gasteiger partial charge in [-0.1, -0.05) is 6.92 Å². The van der Waals surface area contributed by atoms with Crippen LogP contribution in [0.1, 0.15) is 57.5 Å². The molecule has 8 nitrogen and oxygen atoms in total. The Morgan fingerprint density at radius 1 is 1.45 bits per heavy atom. The predicted molar refractivity (Wildman–Crippen MR) is 119 cm³/mol. The number of rotatable bonds is 9. The fourth-order valence-corrected chi connectivity index (χ4v) is 4.36. The van der Waals surface area contributed by atoms with Crippen LogP contribution in [0.15, 0.2) is 12.4 Å². The second-order valence-corrected chi connectivity index (χ2v) is 8.78. The number of hydrogen-bond acceptors (Lipinski definition) is 6. The third kappa shape index (κ3) is 4.76. The lowest BCUT2D eigenvalue weighted by Crippen LogP contribution is -2.53. The monoisotopic (exact) mass is 429 g/mol. The lowest BCUT2D eigenvalue weighted by molar-refractivity contribution is -0.149. The van der Waals surface area contributed by atoms with E-state index in [2.05, 4.69) is 41.7 Å². The highest BCUT2D eigenvalue weighted by Gasteiger charge is 2.41. The number of imidazole rings is 1. The van der Waals surface area contributed by atoms with Gasteiger partial charge in [-0.25, -0.2) is 4.98 Å². The fourth-order valence-electron chi connectivity index (χ4n) is 4.36. The molecule has 1 saturated heterocycles. The zero-order valence-corrected chi connectivity index (χ0v) is 19.1. The van der Waals surface area contributed by atoms with Crippen molar-refractivity contribution in [1.29, 1.82) is 0 Å². The minimum Gasteiger partial charge on any atom is -0.385 e. The zero-order valence-electron chi connectivity index (χ0n) is 19.1. The van der Waals surface area contributed by atoms with Crippen molar-refractivity contribution in [2.75, 3.05) is 26.9 Å². The van der Waals surface area contributed by atoms with E-state index in [4.69, 9.17) is 14.5 Å². The van der Waals surface area contributed by atoms with Crippen molar-refractivity contribution in [2.45, 2.75) is 77.2 Å². The Hall–Kier alpha value is -2.03. The average molecular weight is 430 g/mol. The van der Waals surface area contributed by atoms with Crippen molar-refractivity contribution in [1.82, 2.24) is 24.8 Å². The van der Waals surface area contributed by atoms with Gasteiger partial charge >= 0.3 is 0 Å². The largest absolute Gasteiger partial charge is 0.385 e. The highest BCUT2D eigenvalue weighted by molar-refractivity contribution is 5.83. The van der Waals surface area contributed by atoms with Crippen LogP contribution in [0.25, 0.3) is 11.0 Å². The molecule has 1 N–H and O–H groups in total. The molecule has 0 spiro atoms. The first-order chi connectivity index (χ1) is 15.0. The number of aryl methyl sites for hydroxylation is 2. The highest BCUT2D eigenvalue weighted by Crippen LogP contribution is 2.36. The maximum Gasteiger partial charge on any atom is 0.253 e. The molecule has 0 bridgehead atoms. The van der Waals surface area contributed by atoms with E-state index in [0.29, 0.717) is 19.8 Å². The average Bonchev–Trinajstić information content (AvgIpc) is 3.53. The number of hydrogen-bond donors (Lipinski definition) is 1. The number of fused-ring (bicyclic) bond motifs is 1. The Bertz CT molecular complexity index is 902. The first kappa shape index (κ1) is 22.2. The van der Waals surface area contributed by atoms with Gasteiger partial charge in [0.1, 0.15) is 11.6 Å². The van der Waals surface area contributed by atoms with Gasteiger partial charge in [-0.05, 0) is 45.6 Å². The van der Waals surface area contributed by atoms with E-state index in [0.717, 1.165) is 54.6 Å². The van der Waals surface area contributed by atoms with E-state index < -0.39 is 6.10 Å². The lowest BCUT2D eigenvalue weighted by Gasteiger charge is -2.35. The molecule has 31 heavy (non-hydrogen) atoms. The van der Waals surface area contributed by atoms with Gasteiger partial charge in [0.25, 0.3) is 5.91 Å². The van der Waals surface area contributed by atoms with E-state index in [1.165, 1.54) is 0 Å². The molecule has 0 aromatic carbocycles. The Kier molecular flexibility index (Phi) is 6.89. The molecule has 8 heteroatoms. The summed E-state index contributed by atoms with van der Waals surface area (Å²) in [5.74, 6) is 0.0722. The van der Waals surface area contributed by atoms with E-state index in [1.807, 2.05) is 11.2 Å². The number of carbonyl (C=O) groups is 1. The molecule has 3 atom stereocenters. The smallest absolute Gasteiger partial charge is 0.253 e. The number of nitrogens with zero attached hydrogens (tertiary/aromatic N) is 4. The van der Waals surface area contributed by atoms with E-state index in [1.54, 1.807) is 7.11 Å². The SMILES string of the molecule is CCc1nc([C@@H](C)N(C(=O)[C@H]2CN[C@@H](C)CO2)C2CC2)cc2c1ncn2CCCOC. The Balaban J connectivity index is 1.62. The topological polar surface area (TPSA) is 81.5 Å². The zero-order chi connectivity index (χ0) is 22.0. The maximum absolute atomic E-state index is 13.4. The van der Waals surface area contributed by atoms with Gasteiger partial charge < -0.3 is 24.3 Å². The second-order valence-electron chi connectivity index (χ2n) is 8.78. The molecule has 1 aliphatic heterocycles. The summed E-state index contributed by atoms with van der Waals surface area (Å²) >= 11 is 0. The van der Waals surface area contributed by atoms with Crippen molar-refractivity contribution < 1.29 is 14.3 Å². The number of ether oxygens (including phenoxy) is 2. The van der Waals surface area contributed by atoms with Crippen LogP contribution in [0.3, 0.4) is 0 Å². The Labute approximate surface area is 184 Å². The molecule has 4 rings (SSSR count). The molecule has 3 heterocycles. The van der Waals surface area contributed by atoms with Crippen LogP contribution in [0.5, 0.6) is 0 Å². The lowest BCUT2D eigenvalue weighted by atomic mass is 10.1. The molecule has 0 unspecified atom stereocenters. The highest BCUT2D eigenvalue weighted by atomic mass is 16.5. The summed E-state index contributed by atoms with van der Waals surface area (Å²) in [6.45, 7) is 8.95. The van der Waals surface area contributed by atoms with Crippen LogP contribution in [0.2, 0.25) is 0 Å².